The molecule has 2 atom stereocenters. The van der Waals surface area contributed by atoms with Crippen LogP contribution in [0.15, 0.2) is 30.3 Å². The molecule has 0 amide bonds. The van der Waals surface area contributed by atoms with Crippen molar-refractivity contribution in [3.63, 3.8) is 0 Å². The fourth-order valence-electron chi connectivity index (χ4n) is 3.85. The number of ether oxygens (including phenoxy) is 1. The minimum atomic E-state index is -1.16. The van der Waals surface area contributed by atoms with E-state index in [9.17, 15) is 19.4 Å². The van der Waals surface area contributed by atoms with Crippen LogP contribution in [-0.2, 0) is 16.1 Å². The minimum absolute atomic E-state index is 0. The summed E-state index contributed by atoms with van der Waals surface area (Å²) in [5.41, 5.74) is 5.05. The summed E-state index contributed by atoms with van der Waals surface area (Å²) in [5, 5.41) is 29.1. The number of carboxylic acid groups (broad SMARTS) is 1. The first-order valence-electron chi connectivity index (χ1n) is 11.1. The van der Waals surface area contributed by atoms with Gasteiger partial charge in [-0.05, 0) is 35.1 Å². The second-order valence-corrected chi connectivity index (χ2v) is 8.81. The number of benzene rings is 1. The van der Waals surface area contributed by atoms with Crippen LogP contribution in [0.1, 0.15) is 74.9 Å². The normalized spacial score (nSPS) is 13.4. The van der Waals surface area contributed by atoms with Crippen molar-refractivity contribution in [2.45, 2.75) is 71.2 Å². The van der Waals surface area contributed by atoms with E-state index in [2.05, 4.69) is 13.8 Å². The number of aromatic nitrogens is 1. The molecule has 0 spiro atoms. The summed E-state index contributed by atoms with van der Waals surface area (Å²) < 4.78 is 19.2. The van der Waals surface area contributed by atoms with Gasteiger partial charge in [0.2, 0.25) is 0 Å². The molecule has 34 heavy (non-hydrogen) atoms. The molecule has 0 saturated heterocycles. The quantitative estimate of drug-likeness (QED) is 0.414. The molecule has 1 aromatic heterocycles. The van der Waals surface area contributed by atoms with Crippen LogP contribution in [0.25, 0.3) is 17.2 Å². The van der Waals surface area contributed by atoms with Crippen LogP contribution < -0.4 is 0 Å². The van der Waals surface area contributed by atoms with Gasteiger partial charge in [0.1, 0.15) is 5.82 Å². The maximum absolute atomic E-state index is 13.7. The molecule has 0 fully saturated rings. The van der Waals surface area contributed by atoms with E-state index in [0.717, 1.165) is 33.6 Å². The van der Waals surface area contributed by atoms with Crippen molar-refractivity contribution in [2.24, 2.45) is 0 Å². The van der Waals surface area contributed by atoms with Gasteiger partial charge in [-0.25, -0.2) is 4.39 Å². The summed E-state index contributed by atoms with van der Waals surface area (Å²) in [6, 6.07) is 6.23. The molecule has 0 bridgehead atoms. The number of aliphatic carboxylic acids is 1. The summed E-state index contributed by atoms with van der Waals surface area (Å²) in [4.78, 5) is 15.8. The first-order chi connectivity index (χ1) is 15.5. The van der Waals surface area contributed by atoms with E-state index in [1.54, 1.807) is 25.3 Å². The monoisotopic (exact) mass is 483 g/mol. The molecule has 1 aromatic carbocycles. The average molecular weight is 484 g/mol. The van der Waals surface area contributed by atoms with Crippen LogP contribution in [0.5, 0.6) is 0 Å². The van der Waals surface area contributed by atoms with Crippen molar-refractivity contribution >= 4 is 41.6 Å². The summed E-state index contributed by atoms with van der Waals surface area (Å²) in [5.74, 6) is -1.28. The third-order valence-corrected chi connectivity index (χ3v) is 5.32. The number of pyridine rings is 1. The van der Waals surface area contributed by atoms with E-state index in [-0.39, 0.29) is 53.6 Å². The van der Waals surface area contributed by atoms with Gasteiger partial charge in [-0.3, -0.25) is 9.78 Å². The first-order valence-corrected chi connectivity index (χ1v) is 11.1. The zero-order valence-corrected chi connectivity index (χ0v) is 19.9. The number of nitrogens with zero attached hydrogens (tertiary/aromatic N) is 1. The summed E-state index contributed by atoms with van der Waals surface area (Å²) in [6.07, 6.45) is 0.541. The van der Waals surface area contributed by atoms with Crippen molar-refractivity contribution in [1.29, 1.82) is 0 Å². The summed E-state index contributed by atoms with van der Waals surface area (Å²) >= 11 is 0. The van der Waals surface area contributed by atoms with Crippen molar-refractivity contribution in [1.82, 2.24) is 4.98 Å². The second-order valence-electron chi connectivity index (χ2n) is 8.81. The Morgan fingerprint density at radius 1 is 1.09 bits per heavy atom. The Labute approximate surface area is 223 Å². The molecule has 0 saturated carbocycles. The molecule has 182 valence electrons. The number of rotatable bonds is 11. The SMILES string of the molecule is COCc1c(C(C)C)nc(C(C)C)c(/C=C/[C@@H](O)C[C@@H](O)CC(=O)O)c1-c1ccc(F)cc1.[NaH]. The van der Waals surface area contributed by atoms with Gasteiger partial charge in [0, 0.05) is 30.4 Å². The zero-order chi connectivity index (χ0) is 24.7. The fraction of sp³-hybridized carbons (Fsp3) is 0.462. The first kappa shape index (κ1) is 30.4. The van der Waals surface area contributed by atoms with Gasteiger partial charge in [0.25, 0.3) is 0 Å². The summed E-state index contributed by atoms with van der Waals surface area (Å²) in [6.45, 7) is 8.49. The van der Waals surface area contributed by atoms with E-state index >= 15 is 0 Å². The van der Waals surface area contributed by atoms with Crippen LogP contribution in [0.4, 0.5) is 4.39 Å². The number of hydrogen-bond donors (Lipinski definition) is 3. The van der Waals surface area contributed by atoms with Gasteiger partial charge < -0.3 is 20.1 Å². The third-order valence-electron chi connectivity index (χ3n) is 5.32. The van der Waals surface area contributed by atoms with Crippen LogP contribution in [-0.4, -0.2) is 75.1 Å². The van der Waals surface area contributed by atoms with Crippen molar-refractivity contribution in [2.75, 3.05) is 7.11 Å². The van der Waals surface area contributed by atoms with Crippen molar-refractivity contribution in [3.8, 4) is 11.1 Å². The Morgan fingerprint density at radius 2 is 1.68 bits per heavy atom. The Balaban J connectivity index is 0.00000578. The predicted molar refractivity (Wildman–Crippen MR) is 134 cm³/mol. The Bertz CT molecular complexity index is 976. The van der Waals surface area contributed by atoms with Crippen molar-refractivity contribution in [3.05, 3.63) is 58.7 Å². The van der Waals surface area contributed by atoms with Crippen LogP contribution >= 0.6 is 0 Å². The molecule has 0 aliphatic carbocycles. The fourth-order valence-corrected chi connectivity index (χ4v) is 3.85. The Morgan fingerprint density at radius 3 is 2.18 bits per heavy atom. The molecule has 0 unspecified atom stereocenters. The van der Waals surface area contributed by atoms with E-state index in [1.165, 1.54) is 18.2 Å². The average Bonchev–Trinajstić information content (AvgIpc) is 2.72. The van der Waals surface area contributed by atoms with E-state index in [4.69, 9.17) is 14.8 Å². The van der Waals surface area contributed by atoms with Gasteiger partial charge in [0.15, 0.2) is 0 Å². The van der Waals surface area contributed by atoms with Gasteiger partial charge >= 0.3 is 35.5 Å². The maximum atomic E-state index is 13.7. The third kappa shape index (κ3) is 8.26. The number of hydrogen-bond acceptors (Lipinski definition) is 5. The Kier molecular flexibility index (Phi) is 12.6. The van der Waals surface area contributed by atoms with Gasteiger partial charge in [-0.2, -0.15) is 0 Å². The standard InChI is InChI=1S/C26H34FNO5.Na.H/c1-15(2)25-21(11-10-19(29)12-20(30)13-23(31)32)24(17-6-8-18(27)9-7-17)22(14-33-5)26(28-25)16(3)4;;/h6-11,15-16,19-20,29-30H,12-14H2,1-5H3,(H,31,32);;/b11-10+;;/t19-,20-;;/m1../s1. The molecule has 6 nitrogen and oxygen atoms in total. The molecule has 0 aliphatic heterocycles. The van der Waals surface area contributed by atoms with Gasteiger partial charge in [-0.15, -0.1) is 0 Å². The Hall–Kier alpha value is -1.61. The molecular weight excluding hydrogens is 448 g/mol. The summed E-state index contributed by atoms with van der Waals surface area (Å²) in [7, 11) is 1.61. The van der Waals surface area contributed by atoms with E-state index in [0.29, 0.717) is 6.61 Å². The molecular formula is C26H35FNNaO5. The second kappa shape index (κ2) is 14.1. The molecule has 3 N–H and O–H groups in total. The zero-order valence-electron chi connectivity index (χ0n) is 19.9. The van der Waals surface area contributed by atoms with Crippen LogP contribution in [0, 0.1) is 5.82 Å². The van der Waals surface area contributed by atoms with Crippen LogP contribution in [0.2, 0.25) is 0 Å². The number of methoxy groups -OCH3 is 1. The molecule has 2 rings (SSSR count). The van der Waals surface area contributed by atoms with Crippen LogP contribution in [0.3, 0.4) is 0 Å². The number of aliphatic hydroxyl groups excluding tert-OH is 2. The number of carbonyl (C=O) groups is 1. The predicted octanol–water partition coefficient (Wildman–Crippen LogP) is 4.23. The topological polar surface area (TPSA) is 99.9 Å². The van der Waals surface area contributed by atoms with Crippen molar-refractivity contribution < 1.29 is 29.2 Å². The molecule has 0 aliphatic rings. The van der Waals surface area contributed by atoms with E-state index in [1.807, 2.05) is 13.8 Å². The molecule has 1 heterocycles. The number of aliphatic hydroxyl groups is 2. The van der Waals surface area contributed by atoms with Gasteiger partial charge in [0.05, 0.1) is 30.9 Å². The van der Waals surface area contributed by atoms with E-state index < -0.39 is 24.6 Å². The molecule has 8 heteroatoms. The molecule has 2 aromatic rings. The van der Waals surface area contributed by atoms with Gasteiger partial charge in [-0.1, -0.05) is 52.0 Å². The number of halogens is 1. The number of carboxylic acids is 1. The molecule has 0 radical (unpaired) electrons.